The van der Waals surface area contributed by atoms with Gasteiger partial charge in [0.05, 0.1) is 7.11 Å². The maximum Gasteiger partial charge on any atom is 0.313 e. The van der Waals surface area contributed by atoms with Gasteiger partial charge in [-0.15, -0.1) is 0 Å². The maximum atomic E-state index is 11.9. The quantitative estimate of drug-likeness (QED) is 0.833. The van der Waals surface area contributed by atoms with Crippen LogP contribution in [0.4, 0.5) is 5.69 Å². The Morgan fingerprint density at radius 2 is 1.83 bits per heavy atom. The molecule has 0 aliphatic heterocycles. The Hall–Kier alpha value is -2.82. The van der Waals surface area contributed by atoms with Gasteiger partial charge in [-0.3, -0.25) is 9.59 Å². The molecule has 2 aromatic carbocycles. The molecule has 0 aromatic heterocycles. The number of aryl methyl sites for hydroxylation is 1. The molecule has 23 heavy (non-hydrogen) atoms. The van der Waals surface area contributed by atoms with Gasteiger partial charge in [0.25, 0.3) is 0 Å². The smallest absolute Gasteiger partial charge is 0.313 e. The summed E-state index contributed by atoms with van der Waals surface area (Å²) in [5.74, 6) is -0.535. The predicted octanol–water partition coefficient (Wildman–Crippen LogP) is 2.30. The molecule has 0 fully saturated rings. The Kier molecular flexibility index (Phi) is 5.74. The van der Waals surface area contributed by atoms with Crippen molar-refractivity contribution in [2.45, 2.75) is 13.3 Å². The number of methoxy groups -OCH3 is 1. The van der Waals surface area contributed by atoms with Crippen molar-refractivity contribution in [1.29, 1.82) is 0 Å². The average molecular weight is 312 g/mol. The fourth-order valence-corrected chi connectivity index (χ4v) is 2.12. The molecule has 2 aromatic rings. The number of hydrogen-bond donors (Lipinski definition) is 2. The summed E-state index contributed by atoms with van der Waals surface area (Å²) in [5.41, 5.74) is 2.58. The average Bonchev–Trinajstić information content (AvgIpc) is 2.57. The number of benzene rings is 2. The van der Waals surface area contributed by atoms with Crippen molar-refractivity contribution in [3.8, 4) is 5.75 Å². The van der Waals surface area contributed by atoms with Crippen molar-refractivity contribution in [3.63, 3.8) is 0 Å². The molecule has 0 aliphatic carbocycles. The van der Waals surface area contributed by atoms with E-state index in [0.717, 1.165) is 16.9 Å². The lowest BCUT2D eigenvalue weighted by molar-refractivity contribution is -0.136. The lowest BCUT2D eigenvalue weighted by Gasteiger charge is -2.09. The van der Waals surface area contributed by atoms with Crippen LogP contribution >= 0.6 is 0 Å². The topological polar surface area (TPSA) is 67.4 Å². The first-order chi connectivity index (χ1) is 11.1. The second-order valence-electron chi connectivity index (χ2n) is 5.13. The molecule has 2 amide bonds. The lowest BCUT2D eigenvalue weighted by atomic mass is 10.1. The molecule has 0 atom stereocenters. The zero-order chi connectivity index (χ0) is 16.7. The van der Waals surface area contributed by atoms with E-state index in [1.165, 1.54) is 0 Å². The molecule has 0 saturated heterocycles. The molecule has 0 aliphatic rings. The Labute approximate surface area is 135 Å². The zero-order valence-electron chi connectivity index (χ0n) is 13.3. The van der Waals surface area contributed by atoms with E-state index >= 15 is 0 Å². The van der Waals surface area contributed by atoms with Crippen LogP contribution in [0.5, 0.6) is 5.75 Å². The SMILES string of the molecule is COc1cccc(CCNC(=O)C(=O)Nc2ccccc2C)c1. The van der Waals surface area contributed by atoms with Crippen molar-refractivity contribution in [1.82, 2.24) is 5.32 Å². The molecular formula is C18H20N2O3. The van der Waals surface area contributed by atoms with E-state index in [2.05, 4.69) is 10.6 Å². The molecule has 0 bridgehead atoms. The van der Waals surface area contributed by atoms with Crippen molar-refractivity contribution in [2.75, 3.05) is 19.0 Å². The highest BCUT2D eigenvalue weighted by atomic mass is 16.5. The number of anilines is 1. The van der Waals surface area contributed by atoms with Crippen LogP contribution in [-0.2, 0) is 16.0 Å². The number of nitrogens with one attached hydrogen (secondary N) is 2. The minimum absolute atomic E-state index is 0.382. The normalized spacial score (nSPS) is 10.0. The van der Waals surface area contributed by atoms with Crippen LogP contribution in [0, 0.1) is 6.92 Å². The Bertz CT molecular complexity index is 698. The van der Waals surface area contributed by atoms with Crippen molar-refractivity contribution in [3.05, 3.63) is 59.7 Å². The number of ether oxygens (including phenoxy) is 1. The Balaban J connectivity index is 1.82. The number of para-hydroxylation sites is 1. The van der Waals surface area contributed by atoms with Gasteiger partial charge in [0.15, 0.2) is 0 Å². The third-order valence-electron chi connectivity index (χ3n) is 3.43. The van der Waals surface area contributed by atoms with Crippen LogP contribution in [0.15, 0.2) is 48.5 Å². The van der Waals surface area contributed by atoms with Gasteiger partial charge in [0.1, 0.15) is 5.75 Å². The van der Waals surface area contributed by atoms with Crippen LogP contribution in [-0.4, -0.2) is 25.5 Å². The summed E-state index contributed by atoms with van der Waals surface area (Å²) in [6.45, 7) is 2.25. The van der Waals surface area contributed by atoms with E-state index in [-0.39, 0.29) is 0 Å². The standard InChI is InChI=1S/C18H20N2O3/c1-13-6-3-4-9-16(13)20-18(22)17(21)19-11-10-14-7-5-8-15(12-14)23-2/h3-9,12H,10-11H2,1-2H3,(H,19,21)(H,20,22). The van der Waals surface area contributed by atoms with E-state index in [9.17, 15) is 9.59 Å². The van der Waals surface area contributed by atoms with E-state index in [1.54, 1.807) is 13.2 Å². The minimum Gasteiger partial charge on any atom is -0.497 e. The summed E-state index contributed by atoms with van der Waals surface area (Å²) in [6, 6.07) is 14.9. The first kappa shape index (κ1) is 16.5. The summed E-state index contributed by atoms with van der Waals surface area (Å²) in [7, 11) is 1.61. The van der Waals surface area contributed by atoms with Gasteiger partial charge in [-0.2, -0.15) is 0 Å². The first-order valence-electron chi connectivity index (χ1n) is 7.38. The van der Waals surface area contributed by atoms with Crippen LogP contribution in [0.2, 0.25) is 0 Å². The summed E-state index contributed by atoms with van der Waals surface area (Å²) < 4.78 is 5.15. The summed E-state index contributed by atoms with van der Waals surface area (Å²) in [5, 5.41) is 5.22. The highest BCUT2D eigenvalue weighted by Gasteiger charge is 2.13. The molecule has 0 unspecified atom stereocenters. The monoisotopic (exact) mass is 312 g/mol. The molecule has 0 heterocycles. The maximum absolute atomic E-state index is 11.9. The van der Waals surface area contributed by atoms with E-state index < -0.39 is 11.8 Å². The second kappa shape index (κ2) is 7.98. The molecular weight excluding hydrogens is 292 g/mol. The van der Waals surface area contributed by atoms with E-state index in [4.69, 9.17) is 4.74 Å². The fraction of sp³-hybridized carbons (Fsp3) is 0.222. The largest absolute Gasteiger partial charge is 0.497 e. The van der Waals surface area contributed by atoms with Gasteiger partial charge in [-0.1, -0.05) is 30.3 Å². The van der Waals surface area contributed by atoms with Gasteiger partial charge in [0, 0.05) is 12.2 Å². The van der Waals surface area contributed by atoms with Gasteiger partial charge in [-0.05, 0) is 42.7 Å². The minimum atomic E-state index is -0.662. The molecule has 0 spiro atoms. The predicted molar refractivity (Wildman–Crippen MR) is 89.5 cm³/mol. The summed E-state index contributed by atoms with van der Waals surface area (Å²) in [6.07, 6.45) is 0.626. The van der Waals surface area contributed by atoms with E-state index in [0.29, 0.717) is 18.7 Å². The van der Waals surface area contributed by atoms with Gasteiger partial charge < -0.3 is 15.4 Å². The van der Waals surface area contributed by atoms with Gasteiger partial charge >= 0.3 is 11.8 Å². The van der Waals surface area contributed by atoms with Crippen LogP contribution < -0.4 is 15.4 Å². The first-order valence-corrected chi connectivity index (χ1v) is 7.38. The molecule has 2 rings (SSSR count). The number of hydrogen-bond acceptors (Lipinski definition) is 3. The molecule has 2 N–H and O–H groups in total. The van der Waals surface area contributed by atoms with Crippen LogP contribution in [0.1, 0.15) is 11.1 Å². The molecule has 0 radical (unpaired) electrons. The highest BCUT2D eigenvalue weighted by molar-refractivity contribution is 6.39. The van der Waals surface area contributed by atoms with Gasteiger partial charge in [0.2, 0.25) is 0 Å². The summed E-state index contributed by atoms with van der Waals surface area (Å²) >= 11 is 0. The number of amides is 2. The highest BCUT2D eigenvalue weighted by Crippen LogP contribution is 2.13. The second-order valence-corrected chi connectivity index (χ2v) is 5.13. The van der Waals surface area contributed by atoms with Crippen LogP contribution in [0.3, 0.4) is 0 Å². The molecule has 5 heteroatoms. The van der Waals surface area contributed by atoms with Crippen LogP contribution in [0.25, 0.3) is 0 Å². The Morgan fingerprint density at radius 3 is 2.57 bits per heavy atom. The molecule has 5 nitrogen and oxygen atoms in total. The third kappa shape index (κ3) is 4.85. The molecule has 0 saturated carbocycles. The summed E-state index contributed by atoms with van der Waals surface area (Å²) in [4.78, 5) is 23.7. The fourth-order valence-electron chi connectivity index (χ4n) is 2.12. The number of rotatable bonds is 5. The lowest BCUT2D eigenvalue weighted by Crippen LogP contribution is -2.36. The van der Waals surface area contributed by atoms with E-state index in [1.807, 2.05) is 49.4 Å². The third-order valence-corrected chi connectivity index (χ3v) is 3.43. The van der Waals surface area contributed by atoms with Crippen molar-refractivity contribution >= 4 is 17.5 Å². The Morgan fingerprint density at radius 1 is 1.04 bits per heavy atom. The molecule has 120 valence electrons. The number of carbonyl (C=O) groups is 2. The van der Waals surface area contributed by atoms with Gasteiger partial charge in [-0.25, -0.2) is 0 Å². The van der Waals surface area contributed by atoms with Crippen molar-refractivity contribution < 1.29 is 14.3 Å². The number of carbonyl (C=O) groups excluding carboxylic acids is 2. The zero-order valence-corrected chi connectivity index (χ0v) is 13.3. The van der Waals surface area contributed by atoms with Crippen molar-refractivity contribution in [2.24, 2.45) is 0 Å².